The van der Waals surface area contributed by atoms with Crippen LogP contribution in [-0.2, 0) is 0 Å². The SMILES string of the molecule is OCC(CNC1CCCC1)c1ccc(Cl)s1. The molecule has 90 valence electrons. The zero-order valence-corrected chi connectivity index (χ0v) is 10.9. The highest BCUT2D eigenvalue weighted by atomic mass is 35.5. The van der Waals surface area contributed by atoms with Crippen LogP contribution in [-0.4, -0.2) is 24.3 Å². The van der Waals surface area contributed by atoms with E-state index < -0.39 is 0 Å². The third kappa shape index (κ3) is 3.20. The predicted octanol–water partition coefficient (Wildman–Crippen LogP) is 3.01. The fourth-order valence-corrected chi connectivity index (χ4v) is 3.39. The topological polar surface area (TPSA) is 32.3 Å². The van der Waals surface area contributed by atoms with E-state index in [1.807, 2.05) is 12.1 Å². The van der Waals surface area contributed by atoms with Gasteiger partial charge in [-0.25, -0.2) is 0 Å². The van der Waals surface area contributed by atoms with E-state index in [0.29, 0.717) is 6.04 Å². The summed E-state index contributed by atoms with van der Waals surface area (Å²) in [6.45, 7) is 1.05. The molecular weight excluding hydrogens is 242 g/mol. The molecule has 1 atom stereocenters. The van der Waals surface area contributed by atoms with E-state index >= 15 is 0 Å². The van der Waals surface area contributed by atoms with Crippen molar-refractivity contribution in [2.45, 2.75) is 37.6 Å². The van der Waals surface area contributed by atoms with Gasteiger partial charge in [0.15, 0.2) is 0 Å². The second-order valence-corrected chi connectivity index (χ2v) is 6.16. The van der Waals surface area contributed by atoms with Crippen LogP contribution in [0.2, 0.25) is 4.34 Å². The summed E-state index contributed by atoms with van der Waals surface area (Å²) in [4.78, 5) is 1.18. The molecule has 1 aliphatic rings. The van der Waals surface area contributed by atoms with Crippen LogP contribution in [0.15, 0.2) is 12.1 Å². The smallest absolute Gasteiger partial charge is 0.0931 e. The number of aliphatic hydroxyl groups is 1. The maximum atomic E-state index is 9.39. The van der Waals surface area contributed by atoms with E-state index in [-0.39, 0.29) is 12.5 Å². The van der Waals surface area contributed by atoms with Crippen molar-refractivity contribution in [3.8, 4) is 0 Å². The lowest BCUT2D eigenvalue weighted by molar-refractivity contribution is 0.260. The first-order chi connectivity index (χ1) is 7.79. The van der Waals surface area contributed by atoms with Gasteiger partial charge in [-0.2, -0.15) is 0 Å². The standard InChI is InChI=1S/C12H18ClNOS/c13-12-6-5-11(16-12)9(8-15)7-14-10-3-1-2-4-10/h5-6,9-10,14-15H,1-4,7-8H2. The summed E-state index contributed by atoms with van der Waals surface area (Å²) in [7, 11) is 0. The first-order valence-electron chi connectivity index (χ1n) is 5.89. The third-order valence-electron chi connectivity index (χ3n) is 3.22. The van der Waals surface area contributed by atoms with Gasteiger partial charge >= 0.3 is 0 Å². The van der Waals surface area contributed by atoms with E-state index in [1.54, 1.807) is 11.3 Å². The summed E-state index contributed by atoms with van der Waals surface area (Å²) in [6, 6.07) is 4.58. The molecule has 0 bridgehead atoms. The van der Waals surface area contributed by atoms with Crippen LogP contribution < -0.4 is 5.32 Å². The molecule has 2 nitrogen and oxygen atoms in total. The van der Waals surface area contributed by atoms with Gasteiger partial charge in [0, 0.05) is 23.4 Å². The van der Waals surface area contributed by atoms with Gasteiger partial charge in [0.1, 0.15) is 0 Å². The lowest BCUT2D eigenvalue weighted by Gasteiger charge is -2.17. The highest BCUT2D eigenvalue weighted by molar-refractivity contribution is 7.16. The van der Waals surface area contributed by atoms with Crippen molar-refractivity contribution in [2.75, 3.05) is 13.2 Å². The molecule has 1 fully saturated rings. The number of rotatable bonds is 5. The minimum atomic E-state index is 0.191. The molecule has 0 saturated heterocycles. The summed E-state index contributed by atoms with van der Waals surface area (Å²) in [6.07, 6.45) is 5.24. The molecule has 1 aromatic rings. The highest BCUT2D eigenvalue weighted by Crippen LogP contribution is 2.28. The van der Waals surface area contributed by atoms with E-state index in [2.05, 4.69) is 5.32 Å². The summed E-state index contributed by atoms with van der Waals surface area (Å²) in [5, 5.41) is 12.9. The molecule has 1 unspecified atom stereocenters. The Kier molecular flexibility index (Phi) is 4.65. The molecule has 1 aromatic heterocycles. The molecule has 0 spiro atoms. The summed E-state index contributed by atoms with van der Waals surface area (Å²) in [5.41, 5.74) is 0. The number of thiophene rings is 1. The fraction of sp³-hybridized carbons (Fsp3) is 0.667. The Hall–Kier alpha value is -0.0900. The van der Waals surface area contributed by atoms with Crippen molar-refractivity contribution in [1.29, 1.82) is 0 Å². The molecule has 1 aliphatic carbocycles. The van der Waals surface area contributed by atoms with E-state index in [9.17, 15) is 5.11 Å². The van der Waals surface area contributed by atoms with Crippen LogP contribution in [0.5, 0.6) is 0 Å². The van der Waals surface area contributed by atoms with Crippen molar-refractivity contribution in [3.05, 3.63) is 21.3 Å². The zero-order chi connectivity index (χ0) is 11.4. The van der Waals surface area contributed by atoms with Crippen LogP contribution >= 0.6 is 22.9 Å². The third-order valence-corrected chi connectivity index (χ3v) is 4.62. The van der Waals surface area contributed by atoms with Crippen LogP contribution in [0.3, 0.4) is 0 Å². The second-order valence-electron chi connectivity index (χ2n) is 4.41. The normalized spacial score (nSPS) is 19.1. The summed E-state index contributed by atoms with van der Waals surface area (Å²) in [5.74, 6) is 0.193. The molecule has 2 N–H and O–H groups in total. The zero-order valence-electron chi connectivity index (χ0n) is 9.29. The molecule has 1 saturated carbocycles. The van der Waals surface area contributed by atoms with Crippen molar-refractivity contribution in [1.82, 2.24) is 5.32 Å². The Morgan fingerprint density at radius 3 is 2.75 bits per heavy atom. The van der Waals surface area contributed by atoms with Crippen molar-refractivity contribution in [2.24, 2.45) is 0 Å². The molecule has 0 aromatic carbocycles. The highest BCUT2D eigenvalue weighted by Gasteiger charge is 2.18. The van der Waals surface area contributed by atoms with E-state index in [0.717, 1.165) is 10.9 Å². The number of hydrogen-bond acceptors (Lipinski definition) is 3. The van der Waals surface area contributed by atoms with Crippen LogP contribution in [0.25, 0.3) is 0 Å². The lowest BCUT2D eigenvalue weighted by Crippen LogP contribution is -2.31. The average molecular weight is 260 g/mol. The van der Waals surface area contributed by atoms with E-state index in [1.165, 1.54) is 30.6 Å². The Bertz CT molecular complexity index is 323. The van der Waals surface area contributed by atoms with Gasteiger partial charge in [-0.05, 0) is 25.0 Å². The van der Waals surface area contributed by atoms with Gasteiger partial charge in [-0.15, -0.1) is 11.3 Å². The van der Waals surface area contributed by atoms with Crippen molar-refractivity contribution < 1.29 is 5.11 Å². The molecule has 0 radical (unpaired) electrons. The van der Waals surface area contributed by atoms with Gasteiger partial charge in [-0.3, -0.25) is 0 Å². The van der Waals surface area contributed by atoms with E-state index in [4.69, 9.17) is 11.6 Å². The van der Waals surface area contributed by atoms with Crippen LogP contribution in [0.1, 0.15) is 36.5 Å². The van der Waals surface area contributed by atoms with Gasteiger partial charge in [-0.1, -0.05) is 24.4 Å². The van der Waals surface area contributed by atoms with Crippen LogP contribution in [0, 0.1) is 0 Å². The largest absolute Gasteiger partial charge is 0.396 e. The molecular formula is C12H18ClNOS. The van der Waals surface area contributed by atoms with Gasteiger partial charge in [0.25, 0.3) is 0 Å². The first-order valence-corrected chi connectivity index (χ1v) is 7.08. The molecule has 4 heteroatoms. The maximum absolute atomic E-state index is 9.39. The minimum absolute atomic E-state index is 0.191. The molecule has 2 rings (SSSR count). The monoisotopic (exact) mass is 259 g/mol. The fourth-order valence-electron chi connectivity index (χ4n) is 2.24. The minimum Gasteiger partial charge on any atom is -0.396 e. The lowest BCUT2D eigenvalue weighted by atomic mass is 10.1. The summed E-state index contributed by atoms with van der Waals surface area (Å²) < 4.78 is 0.800. The van der Waals surface area contributed by atoms with Crippen molar-refractivity contribution >= 4 is 22.9 Å². The van der Waals surface area contributed by atoms with Crippen molar-refractivity contribution in [3.63, 3.8) is 0 Å². The van der Waals surface area contributed by atoms with Gasteiger partial charge in [0.2, 0.25) is 0 Å². The quantitative estimate of drug-likeness (QED) is 0.852. The number of hydrogen-bond donors (Lipinski definition) is 2. The summed E-state index contributed by atoms with van der Waals surface area (Å²) >= 11 is 7.47. The average Bonchev–Trinajstić information content (AvgIpc) is 2.91. The van der Waals surface area contributed by atoms with Gasteiger partial charge in [0.05, 0.1) is 10.9 Å². The Morgan fingerprint density at radius 1 is 1.44 bits per heavy atom. The molecule has 16 heavy (non-hydrogen) atoms. The Labute approximate surface area is 106 Å². The first kappa shape index (κ1) is 12.4. The van der Waals surface area contributed by atoms with Crippen LogP contribution in [0.4, 0.5) is 0 Å². The predicted molar refractivity (Wildman–Crippen MR) is 69.4 cm³/mol. The van der Waals surface area contributed by atoms with Gasteiger partial charge < -0.3 is 10.4 Å². The molecule has 0 amide bonds. The Morgan fingerprint density at radius 2 is 2.19 bits per heavy atom. The number of halogens is 1. The molecule has 1 heterocycles. The second kappa shape index (κ2) is 6.01. The molecule has 0 aliphatic heterocycles. The maximum Gasteiger partial charge on any atom is 0.0931 e. The Balaban J connectivity index is 1.85. The number of aliphatic hydroxyl groups excluding tert-OH is 1. The number of nitrogens with one attached hydrogen (secondary N) is 1.